The van der Waals surface area contributed by atoms with Crippen LogP contribution in [0, 0.1) is 5.41 Å². The number of carbonyl (C=O) groups excluding carboxylic acids is 2. The molecule has 4 aromatic rings. The van der Waals surface area contributed by atoms with E-state index in [0.29, 0.717) is 23.4 Å². The summed E-state index contributed by atoms with van der Waals surface area (Å²) < 4.78 is 3.99. The Balaban J connectivity index is 1.18. The molecule has 0 unspecified atom stereocenters. The second kappa shape index (κ2) is 11.7. The number of fused-ring (bicyclic) bond motifs is 2. The van der Waals surface area contributed by atoms with E-state index in [9.17, 15) is 19.5 Å². The predicted molar refractivity (Wildman–Crippen MR) is 166 cm³/mol. The van der Waals surface area contributed by atoms with Crippen molar-refractivity contribution in [3.05, 3.63) is 75.0 Å². The molecule has 2 amide bonds. The van der Waals surface area contributed by atoms with Gasteiger partial charge in [-0.25, -0.2) is 14.3 Å². The predicted octanol–water partition coefficient (Wildman–Crippen LogP) is 1.15. The SMILES string of the molecule is CO/N=C(\C(=O)N[C@@H]1C(=O)N2C(C(=O)O)=C(C[n+]3ccc4c(ccn4Cc4cc(C(=N)N)cs4)c3)CS[C@H]12)c1csc(N)n1. The van der Waals surface area contributed by atoms with E-state index < -0.39 is 29.2 Å². The Morgan fingerprint density at radius 1 is 1.32 bits per heavy atom. The minimum atomic E-state index is -1.21. The first-order chi connectivity index (χ1) is 21.1. The Labute approximate surface area is 262 Å². The van der Waals surface area contributed by atoms with Gasteiger partial charge in [0, 0.05) is 44.8 Å². The number of aliphatic carboxylic acids is 1. The normalized spacial score (nSPS) is 18.2. The van der Waals surface area contributed by atoms with Crippen LogP contribution in [-0.4, -0.2) is 73.2 Å². The van der Waals surface area contributed by atoms with Crippen LogP contribution in [-0.2, 0) is 32.3 Å². The molecule has 0 bridgehead atoms. The number of thiophene rings is 1. The number of nitrogens with zero attached hydrogens (tertiary/aromatic N) is 5. The maximum atomic E-state index is 13.2. The van der Waals surface area contributed by atoms with E-state index in [2.05, 4.69) is 20.0 Å². The van der Waals surface area contributed by atoms with E-state index in [0.717, 1.165) is 27.1 Å². The van der Waals surface area contributed by atoms with Crippen LogP contribution < -0.4 is 21.4 Å². The molecule has 2 aliphatic rings. The van der Waals surface area contributed by atoms with Gasteiger partial charge in [-0.1, -0.05) is 5.16 Å². The summed E-state index contributed by atoms with van der Waals surface area (Å²) in [4.78, 5) is 49.7. The highest BCUT2D eigenvalue weighted by atomic mass is 32.2. The maximum absolute atomic E-state index is 13.2. The first-order valence-electron chi connectivity index (χ1n) is 13.1. The molecule has 2 atom stereocenters. The minimum Gasteiger partial charge on any atom is -0.477 e. The Morgan fingerprint density at radius 2 is 2.14 bits per heavy atom. The summed E-state index contributed by atoms with van der Waals surface area (Å²) in [5.74, 6) is -2.03. The lowest BCUT2D eigenvalue weighted by Crippen LogP contribution is -2.71. The number of amidine groups is 1. The molecule has 2 aliphatic heterocycles. The molecule has 14 nitrogen and oxygen atoms in total. The lowest BCUT2D eigenvalue weighted by Gasteiger charge is -2.49. The number of aromatic nitrogens is 3. The van der Waals surface area contributed by atoms with Crippen molar-refractivity contribution in [3.63, 3.8) is 0 Å². The van der Waals surface area contributed by atoms with Crippen LogP contribution in [0.25, 0.3) is 10.9 Å². The molecule has 7 N–H and O–H groups in total. The number of hydrogen-bond acceptors (Lipinski definition) is 11. The number of nitrogen functional groups attached to an aromatic ring is 2. The van der Waals surface area contributed by atoms with Crippen molar-refractivity contribution in [1.82, 2.24) is 19.8 Å². The molecule has 6 rings (SSSR count). The molecular formula is C27H26N9O5S3+. The third-order valence-electron chi connectivity index (χ3n) is 7.13. The molecule has 6 heterocycles. The molecular weight excluding hydrogens is 627 g/mol. The van der Waals surface area contributed by atoms with Crippen LogP contribution in [0.15, 0.2) is 64.0 Å². The number of nitrogens with two attached hydrogens (primary N) is 2. The van der Waals surface area contributed by atoms with E-state index >= 15 is 0 Å². The third kappa shape index (κ3) is 5.40. The van der Waals surface area contributed by atoms with Gasteiger partial charge in [-0.3, -0.25) is 19.9 Å². The van der Waals surface area contributed by atoms with Crippen LogP contribution in [0.5, 0.6) is 0 Å². The van der Waals surface area contributed by atoms with Crippen molar-refractivity contribution >= 4 is 79.8 Å². The fourth-order valence-corrected chi connectivity index (χ4v) is 7.89. The lowest BCUT2D eigenvalue weighted by atomic mass is 10.0. The molecule has 0 spiro atoms. The smallest absolute Gasteiger partial charge is 0.352 e. The molecule has 0 aliphatic carbocycles. The van der Waals surface area contributed by atoms with E-state index in [1.807, 2.05) is 46.7 Å². The zero-order valence-corrected chi connectivity index (χ0v) is 25.5. The van der Waals surface area contributed by atoms with Crippen LogP contribution in [0.3, 0.4) is 0 Å². The second-order valence-electron chi connectivity index (χ2n) is 9.93. The maximum Gasteiger partial charge on any atom is 0.352 e. The van der Waals surface area contributed by atoms with Gasteiger partial charge in [0.05, 0.1) is 17.4 Å². The number of rotatable bonds is 10. The third-order valence-corrected chi connectivity index (χ3v) is 10.1. The Bertz CT molecular complexity index is 1890. The van der Waals surface area contributed by atoms with Gasteiger partial charge in [0.1, 0.15) is 35.8 Å². The van der Waals surface area contributed by atoms with Crippen LogP contribution in [0.2, 0.25) is 0 Å². The van der Waals surface area contributed by atoms with Gasteiger partial charge in [-0.2, -0.15) is 0 Å². The van der Waals surface area contributed by atoms with Crippen LogP contribution in [0.4, 0.5) is 5.13 Å². The number of thioether (sulfide) groups is 1. The second-order valence-corrected chi connectivity index (χ2v) is 12.9. The lowest BCUT2D eigenvalue weighted by molar-refractivity contribution is -0.687. The minimum absolute atomic E-state index is 0.0386. The molecule has 226 valence electrons. The first kappa shape index (κ1) is 29.3. The van der Waals surface area contributed by atoms with Crippen molar-refractivity contribution in [2.24, 2.45) is 10.9 Å². The fourth-order valence-electron chi connectivity index (χ4n) is 5.13. The van der Waals surface area contributed by atoms with Gasteiger partial charge in [-0.05, 0) is 12.1 Å². The van der Waals surface area contributed by atoms with E-state index in [-0.39, 0.29) is 34.6 Å². The van der Waals surface area contributed by atoms with Crippen molar-refractivity contribution in [2.45, 2.75) is 24.5 Å². The topological polar surface area (TPSA) is 206 Å². The first-order valence-corrected chi connectivity index (χ1v) is 15.9. The number of pyridine rings is 1. The van der Waals surface area contributed by atoms with Gasteiger partial charge >= 0.3 is 5.97 Å². The van der Waals surface area contributed by atoms with Crippen molar-refractivity contribution < 1.29 is 28.9 Å². The van der Waals surface area contributed by atoms with Gasteiger partial charge < -0.3 is 31.3 Å². The number of oxime groups is 1. The van der Waals surface area contributed by atoms with Gasteiger partial charge in [0.25, 0.3) is 11.8 Å². The number of hydrogen-bond donors (Lipinski definition) is 5. The summed E-state index contributed by atoms with van der Waals surface area (Å²) in [6.07, 6.45) is 5.79. The van der Waals surface area contributed by atoms with Gasteiger partial charge in [-0.15, -0.1) is 34.4 Å². The number of anilines is 1. The van der Waals surface area contributed by atoms with Crippen molar-refractivity contribution in [2.75, 3.05) is 18.6 Å². The highest BCUT2D eigenvalue weighted by molar-refractivity contribution is 8.00. The number of β-lactam (4-membered cyclic amide) rings is 1. The molecule has 1 saturated heterocycles. The van der Waals surface area contributed by atoms with E-state index in [4.69, 9.17) is 21.7 Å². The van der Waals surface area contributed by atoms with E-state index in [1.54, 1.807) is 16.7 Å². The molecule has 0 aromatic carbocycles. The summed E-state index contributed by atoms with van der Waals surface area (Å²) in [5.41, 5.74) is 13.5. The van der Waals surface area contributed by atoms with Gasteiger partial charge in [0.2, 0.25) is 0 Å². The van der Waals surface area contributed by atoms with Crippen LogP contribution in [0.1, 0.15) is 16.1 Å². The Kier molecular flexibility index (Phi) is 7.83. The molecule has 1 fully saturated rings. The summed E-state index contributed by atoms with van der Waals surface area (Å²) >= 11 is 4.05. The summed E-state index contributed by atoms with van der Waals surface area (Å²) in [6, 6.07) is 4.91. The average Bonchev–Trinajstić information content (AvgIpc) is 3.74. The van der Waals surface area contributed by atoms with Gasteiger partial charge in [0.15, 0.2) is 29.8 Å². The molecule has 0 radical (unpaired) electrons. The Hall–Kier alpha value is -4.74. The highest BCUT2D eigenvalue weighted by Gasteiger charge is 2.54. The summed E-state index contributed by atoms with van der Waals surface area (Å²) in [7, 11) is 1.28. The zero-order chi connectivity index (χ0) is 31.1. The molecule has 17 heteroatoms. The number of carboxylic acid groups (broad SMARTS) is 1. The standard InChI is InChI=1S/C27H25N9O5S3/c1-41-33-19(17-12-44-27(30)31-17)23(37)32-20-24(38)36-21(26(39)40)15(11-43-25(20)36)8-34-4-3-18-13(7-34)2-5-35(18)9-16-6-14(10-42-16)22(28)29/h2-7,10,12,20,25H,8-9,11H2,1H3,(H6-,28,29,30,31,32,37,39,40)/p+1/b33-19-/t20-,25-/m1/s1. The number of carbonyl (C=O) groups is 3. The number of amides is 2. The number of nitrogens with one attached hydrogen (secondary N) is 2. The fraction of sp³-hybridized carbons (Fsp3) is 0.222. The summed E-state index contributed by atoms with van der Waals surface area (Å²) in [6.45, 7) is 0.898. The quantitative estimate of drug-likeness (QED) is 0.0547. The molecule has 44 heavy (non-hydrogen) atoms. The van der Waals surface area contributed by atoms with Crippen molar-refractivity contribution in [1.29, 1.82) is 5.41 Å². The highest BCUT2D eigenvalue weighted by Crippen LogP contribution is 2.40. The summed E-state index contributed by atoms with van der Waals surface area (Å²) in [5, 5.41) is 28.2. The zero-order valence-electron chi connectivity index (χ0n) is 23.1. The van der Waals surface area contributed by atoms with Crippen LogP contribution >= 0.6 is 34.4 Å². The van der Waals surface area contributed by atoms with E-state index in [1.165, 1.54) is 23.8 Å². The average molecular weight is 653 g/mol. The Morgan fingerprint density at radius 3 is 2.82 bits per heavy atom. The molecule has 4 aromatic heterocycles. The molecule has 0 saturated carbocycles. The monoisotopic (exact) mass is 652 g/mol. The largest absolute Gasteiger partial charge is 0.477 e. The van der Waals surface area contributed by atoms with Crippen molar-refractivity contribution in [3.8, 4) is 0 Å². The number of carboxylic acids is 1. The number of thiazole rings is 1.